The van der Waals surface area contributed by atoms with Crippen LogP contribution in [0.1, 0.15) is 23.6 Å². The highest BCUT2D eigenvalue weighted by molar-refractivity contribution is 8.27. The summed E-state index contributed by atoms with van der Waals surface area (Å²) in [6, 6.07) is 20.5. The second-order valence-corrected chi connectivity index (χ2v) is 10.0. The molecule has 0 unspecified atom stereocenters. The maximum atomic E-state index is 13.0. The number of amides is 2. The number of hydrogen-bond acceptors (Lipinski definition) is 5. The minimum atomic E-state index is -0.287. The summed E-state index contributed by atoms with van der Waals surface area (Å²) in [6.07, 6.45) is 2.68. The van der Waals surface area contributed by atoms with Gasteiger partial charge in [-0.1, -0.05) is 78.4 Å². The molecular weight excluding hydrogens is 500 g/mol. The van der Waals surface area contributed by atoms with Crippen molar-refractivity contribution in [2.45, 2.75) is 20.3 Å². The van der Waals surface area contributed by atoms with Gasteiger partial charge in [0.1, 0.15) is 5.75 Å². The molecule has 1 aliphatic rings. The van der Waals surface area contributed by atoms with Crippen molar-refractivity contribution in [3.63, 3.8) is 0 Å². The Hall–Kier alpha value is -3.13. The smallest absolute Gasteiger partial charge is 0.270 e. The molecule has 0 saturated carbocycles. The van der Waals surface area contributed by atoms with Gasteiger partial charge in [-0.3, -0.25) is 14.5 Å². The summed E-state index contributed by atoms with van der Waals surface area (Å²) in [5.41, 5.74) is 4.48. The Labute approximate surface area is 219 Å². The predicted molar refractivity (Wildman–Crippen MR) is 148 cm³/mol. The number of nitrogens with one attached hydrogen (secondary N) is 1. The zero-order chi connectivity index (χ0) is 24.9. The first kappa shape index (κ1) is 25.0. The van der Waals surface area contributed by atoms with E-state index < -0.39 is 0 Å². The fourth-order valence-corrected chi connectivity index (χ4v) is 4.97. The average Bonchev–Trinajstić information content (AvgIpc) is 3.12. The summed E-state index contributed by atoms with van der Waals surface area (Å²) < 4.78 is 6.07. The van der Waals surface area contributed by atoms with Crippen LogP contribution in [0, 0.1) is 6.92 Å². The zero-order valence-electron chi connectivity index (χ0n) is 19.2. The van der Waals surface area contributed by atoms with Crippen LogP contribution in [0.2, 0.25) is 5.02 Å². The van der Waals surface area contributed by atoms with E-state index in [4.69, 9.17) is 28.6 Å². The van der Waals surface area contributed by atoms with E-state index in [-0.39, 0.29) is 18.4 Å². The molecule has 0 aliphatic carbocycles. The maximum Gasteiger partial charge on any atom is 0.270 e. The standard InChI is InChI=1S/C27H23ClN2O3S2/c1-3-18-6-11-21(12-7-18)30-26(32)24(35-27(30)34)15-19-8-13-23(22(28)14-19)33-16-25(31)29-20-9-4-17(2)5-10-20/h4-15H,3,16H2,1-2H3,(H,29,31)/b24-15-. The van der Waals surface area contributed by atoms with Gasteiger partial charge in [0.25, 0.3) is 11.8 Å². The van der Waals surface area contributed by atoms with Gasteiger partial charge in [0.15, 0.2) is 10.9 Å². The Balaban J connectivity index is 1.41. The van der Waals surface area contributed by atoms with E-state index in [2.05, 4.69) is 12.2 Å². The number of carbonyl (C=O) groups is 2. The maximum absolute atomic E-state index is 13.0. The van der Waals surface area contributed by atoms with Gasteiger partial charge >= 0.3 is 0 Å². The minimum absolute atomic E-state index is 0.173. The molecule has 8 heteroatoms. The summed E-state index contributed by atoms with van der Waals surface area (Å²) in [5.74, 6) is -0.0791. The van der Waals surface area contributed by atoms with Crippen LogP contribution in [0.25, 0.3) is 6.08 Å². The lowest BCUT2D eigenvalue weighted by molar-refractivity contribution is -0.118. The molecule has 1 fully saturated rings. The topological polar surface area (TPSA) is 58.6 Å². The molecule has 0 aromatic heterocycles. The number of benzene rings is 3. The largest absolute Gasteiger partial charge is 0.482 e. The summed E-state index contributed by atoms with van der Waals surface area (Å²) in [6.45, 7) is 3.88. The van der Waals surface area contributed by atoms with E-state index in [0.717, 1.165) is 23.2 Å². The predicted octanol–water partition coefficient (Wildman–Crippen LogP) is 6.63. The van der Waals surface area contributed by atoms with E-state index in [1.54, 1.807) is 24.3 Å². The van der Waals surface area contributed by atoms with Gasteiger partial charge in [-0.2, -0.15) is 0 Å². The van der Waals surface area contributed by atoms with Crippen molar-refractivity contribution in [1.82, 2.24) is 0 Å². The molecule has 178 valence electrons. The molecule has 1 aliphatic heterocycles. The van der Waals surface area contributed by atoms with E-state index in [0.29, 0.717) is 25.7 Å². The Morgan fingerprint density at radius 1 is 1.11 bits per heavy atom. The van der Waals surface area contributed by atoms with Gasteiger partial charge in [0.05, 0.1) is 15.6 Å². The number of thiocarbonyl (C=S) groups is 1. The molecule has 4 rings (SSSR count). The quantitative estimate of drug-likeness (QED) is 0.278. The molecule has 0 atom stereocenters. The lowest BCUT2D eigenvalue weighted by Gasteiger charge is -2.14. The lowest BCUT2D eigenvalue weighted by Crippen LogP contribution is -2.27. The number of thioether (sulfide) groups is 1. The number of rotatable bonds is 7. The van der Waals surface area contributed by atoms with Crippen LogP contribution in [0.3, 0.4) is 0 Å². The van der Waals surface area contributed by atoms with E-state index >= 15 is 0 Å². The molecule has 0 spiro atoms. The van der Waals surface area contributed by atoms with Crippen LogP contribution < -0.4 is 15.0 Å². The van der Waals surface area contributed by atoms with Crippen molar-refractivity contribution in [1.29, 1.82) is 0 Å². The molecule has 5 nitrogen and oxygen atoms in total. The molecule has 3 aromatic rings. The molecule has 1 heterocycles. The van der Waals surface area contributed by atoms with Crippen molar-refractivity contribution in [3.05, 3.63) is 93.3 Å². The highest BCUT2D eigenvalue weighted by Gasteiger charge is 2.33. The first-order chi connectivity index (χ1) is 16.8. The lowest BCUT2D eigenvalue weighted by atomic mass is 10.1. The van der Waals surface area contributed by atoms with Crippen molar-refractivity contribution in [2.75, 3.05) is 16.8 Å². The number of hydrogen-bond donors (Lipinski definition) is 1. The Kier molecular flexibility index (Phi) is 7.90. The number of ether oxygens (including phenoxy) is 1. The Bertz CT molecular complexity index is 1310. The molecule has 2 amide bonds. The monoisotopic (exact) mass is 522 g/mol. The molecule has 0 bridgehead atoms. The van der Waals surface area contributed by atoms with E-state index in [9.17, 15) is 9.59 Å². The van der Waals surface area contributed by atoms with Gasteiger partial charge in [-0.15, -0.1) is 0 Å². The van der Waals surface area contributed by atoms with Gasteiger partial charge < -0.3 is 10.1 Å². The third-order valence-electron chi connectivity index (χ3n) is 5.34. The number of halogens is 1. The highest BCUT2D eigenvalue weighted by atomic mass is 35.5. The second-order valence-electron chi connectivity index (χ2n) is 7.93. The number of carbonyl (C=O) groups excluding carboxylic acids is 2. The summed E-state index contributed by atoms with van der Waals surface area (Å²) in [5, 5.41) is 3.12. The van der Waals surface area contributed by atoms with E-state index in [1.807, 2.05) is 55.5 Å². The molecule has 1 saturated heterocycles. The van der Waals surface area contributed by atoms with Crippen molar-refractivity contribution in [2.24, 2.45) is 0 Å². The van der Waals surface area contributed by atoms with Crippen LogP contribution >= 0.6 is 35.6 Å². The molecule has 0 radical (unpaired) electrons. The summed E-state index contributed by atoms with van der Waals surface area (Å²) in [7, 11) is 0. The molecule has 35 heavy (non-hydrogen) atoms. The van der Waals surface area contributed by atoms with Gasteiger partial charge in [-0.05, 0) is 66.9 Å². The van der Waals surface area contributed by atoms with Gasteiger partial charge in [-0.25, -0.2) is 0 Å². The molecule has 3 aromatic carbocycles. The first-order valence-electron chi connectivity index (χ1n) is 11.0. The van der Waals surface area contributed by atoms with Gasteiger partial charge in [0, 0.05) is 5.69 Å². The summed E-state index contributed by atoms with van der Waals surface area (Å²) >= 11 is 13.1. The fourth-order valence-electron chi connectivity index (χ4n) is 3.42. The highest BCUT2D eigenvalue weighted by Crippen LogP contribution is 2.37. The van der Waals surface area contributed by atoms with Crippen LogP contribution in [0.15, 0.2) is 71.6 Å². The third-order valence-corrected chi connectivity index (χ3v) is 6.94. The normalized spacial score (nSPS) is 14.5. The third kappa shape index (κ3) is 6.11. The number of anilines is 2. The zero-order valence-corrected chi connectivity index (χ0v) is 21.6. The minimum Gasteiger partial charge on any atom is -0.482 e. The van der Waals surface area contributed by atoms with Crippen molar-refractivity contribution in [3.8, 4) is 5.75 Å². The number of aryl methyl sites for hydroxylation is 2. The second kappa shape index (κ2) is 11.1. The Morgan fingerprint density at radius 3 is 2.49 bits per heavy atom. The van der Waals surface area contributed by atoms with Crippen molar-refractivity contribution >= 4 is 69.2 Å². The van der Waals surface area contributed by atoms with Crippen LogP contribution in [0.4, 0.5) is 11.4 Å². The fraction of sp³-hybridized carbons (Fsp3) is 0.148. The SMILES string of the molecule is CCc1ccc(N2C(=O)/C(=C/c3ccc(OCC(=O)Nc4ccc(C)cc4)c(Cl)c3)SC2=S)cc1. The van der Waals surface area contributed by atoms with Crippen LogP contribution in [0.5, 0.6) is 5.75 Å². The molecule has 1 N–H and O–H groups in total. The van der Waals surface area contributed by atoms with Crippen LogP contribution in [-0.4, -0.2) is 22.7 Å². The van der Waals surface area contributed by atoms with Crippen molar-refractivity contribution < 1.29 is 14.3 Å². The summed E-state index contributed by atoms with van der Waals surface area (Å²) in [4.78, 5) is 27.3. The first-order valence-corrected chi connectivity index (χ1v) is 12.6. The average molecular weight is 523 g/mol. The van der Waals surface area contributed by atoms with Gasteiger partial charge in [0.2, 0.25) is 0 Å². The van der Waals surface area contributed by atoms with Crippen LogP contribution in [-0.2, 0) is 16.0 Å². The van der Waals surface area contributed by atoms with E-state index in [1.165, 1.54) is 22.2 Å². The molecular formula is C27H23ClN2O3S2. The number of nitrogens with zero attached hydrogens (tertiary/aromatic N) is 1. The Morgan fingerprint density at radius 2 is 1.83 bits per heavy atom.